The van der Waals surface area contributed by atoms with Gasteiger partial charge in [-0.15, -0.1) is 0 Å². The lowest BCUT2D eigenvalue weighted by molar-refractivity contribution is 0.611. The smallest absolute Gasteiger partial charge is 0.125 e. The second-order valence-corrected chi connectivity index (χ2v) is 4.02. The molecular formula is C13H17N5. The molecule has 0 amide bonds. The van der Waals surface area contributed by atoms with Gasteiger partial charge in [-0.3, -0.25) is 4.98 Å². The van der Waals surface area contributed by atoms with Gasteiger partial charge in [0.15, 0.2) is 0 Å². The van der Waals surface area contributed by atoms with Crippen molar-refractivity contribution in [2.75, 3.05) is 12.3 Å². The van der Waals surface area contributed by atoms with Gasteiger partial charge >= 0.3 is 0 Å². The minimum absolute atomic E-state index is 0.0506. The van der Waals surface area contributed by atoms with Crippen molar-refractivity contribution in [2.24, 2.45) is 0 Å². The minimum atomic E-state index is -0.0506. The van der Waals surface area contributed by atoms with Crippen LogP contribution in [0.15, 0.2) is 30.7 Å². The van der Waals surface area contributed by atoms with Crippen molar-refractivity contribution in [3.8, 4) is 0 Å². The molecule has 0 saturated heterocycles. The summed E-state index contributed by atoms with van der Waals surface area (Å²) in [6, 6.07) is 3.64. The van der Waals surface area contributed by atoms with Crippen LogP contribution in [0.5, 0.6) is 0 Å². The summed E-state index contributed by atoms with van der Waals surface area (Å²) in [7, 11) is 0. The van der Waals surface area contributed by atoms with Crippen molar-refractivity contribution in [2.45, 2.75) is 19.9 Å². The molecule has 0 fully saturated rings. The molecule has 3 N–H and O–H groups in total. The van der Waals surface area contributed by atoms with Gasteiger partial charge in [-0.1, -0.05) is 6.92 Å². The summed E-state index contributed by atoms with van der Waals surface area (Å²) in [5.41, 5.74) is 8.57. The zero-order valence-electron chi connectivity index (χ0n) is 10.6. The van der Waals surface area contributed by atoms with Gasteiger partial charge < -0.3 is 11.1 Å². The van der Waals surface area contributed by atoms with Gasteiger partial charge in [-0.05, 0) is 25.6 Å². The van der Waals surface area contributed by atoms with E-state index in [9.17, 15) is 0 Å². The molecule has 0 radical (unpaired) electrons. The van der Waals surface area contributed by atoms with Crippen molar-refractivity contribution in [1.82, 2.24) is 20.3 Å². The molecule has 5 heteroatoms. The maximum atomic E-state index is 6.00. The van der Waals surface area contributed by atoms with E-state index in [2.05, 4.69) is 20.3 Å². The van der Waals surface area contributed by atoms with Crippen molar-refractivity contribution in [1.29, 1.82) is 0 Å². The number of aryl methyl sites for hydroxylation is 1. The summed E-state index contributed by atoms with van der Waals surface area (Å²) >= 11 is 0. The van der Waals surface area contributed by atoms with Gasteiger partial charge in [0, 0.05) is 29.8 Å². The number of rotatable bonds is 4. The maximum Gasteiger partial charge on any atom is 0.125 e. The van der Waals surface area contributed by atoms with E-state index in [0.29, 0.717) is 5.69 Å². The fourth-order valence-corrected chi connectivity index (χ4v) is 1.87. The third-order valence-electron chi connectivity index (χ3n) is 2.70. The Morgan fingerprint density at radius 3 is 2.83 bits per heavy atom. The molecule has 1 unspecified atom stereocenters. The molecule has 2 aromatic rings. The van der Waals surface area contributed by atoms with Gasteiger partial charge in [0.05, 0.1) is 11.7 Å². The predicted molar refractivity (Wildman–Crippen MR) is 70.9 cm³/mol. The molecule has 0 saturated carbocycles. The quantitative estimate of drug-likeness (QED) is 0.850. The van der Waals surface area contributed by atoms with Crippen LogP contribution in [0.25, 0.3) is 0 Å². The number of hydrogen-bond donors (Lipinski definition) is 2. The van der Waals surface area contributed by atoms with Gasteiger partial charge in [0.2, 0.25) is 0 Å². The standard InChI is InChI=1S/C13H17N5/c1-3-16-13(10-8-15-6-4-11(10)14)12-5-7-17-9(2)18-12/h4-8,13,16H,3H2,1-2H3,(H2,14,15). The molecule has 0 aromatic carbocycles. The summed E-state index contributed by atoms with van der Waals surface area (Å²) in [6.45, 7) is 4.74. The maximum absolute atomic E-state index is 6.00. The van der Waals surface area contributed by atoms with E-state index in [1.807, 2.05) is 19.9 Å². The van der Waals surface area contributed by atoms with Crippen LogP contribution in [-0.4, -0.2) is 21.5 Å². The largest absolute Gasteiger partial charge is 0.398 e. The number of nitrogens with zero attached hydrogens (tertiary/aromatic N) is 3. The van der Waals surface area contributed by atoms with Crippen LogP contribution in [0.2, 0.25) is 0 Å². The third-order valence-corrected chi connectivity index (χ3v) is 2.70. The van der Waals surface area contributed by atoms with E-state index in [-0.39, 0.29) is 6.04 Å². The highest BCUT2D eigenvalue weighted by Gasteiger charge is 2.17. The molecular weight excluding hydrogens is 226 g/mol. The van der Waals surface area contributed by atoms with Crippen molar-refractivity contribution < 1.29 is 0 Å². The van der Waals surface area contributed by atoms with Crippen LogP contribution >= 0.6 is 0 Å². The number of pyridine rings is 1. The van der Waals surface area contributed by atoms with Crippen LogP contribution in [0, 0.1) is 6.92 Å². The molecule has 2 heterocycles. The lowest BCUT2D eigenvalue weighted by Crippen LogP contribution is -2.24. The van der Waals surface area contributed by atoms with Crippen LogP contribution in [0.4, 0.5) is 5.69 Å². The van der Waals surface area contributed by atoms with Crippen LogP contribution in [0.1, 0.15) is 30.0 Å². The molecule has 2 rings (SSSR count). The van der Waals surface area contributed by atoms with Crippen LogP contribution in [0.3, 0.4) is 0 Å². The van der Waals surface area contributed by atoms with Crippen molar-refractivity contribution in [3.05, 3.63) is 47.8 Å². The minimum Gasteiger partial charge on any atom is -0.398 e. The predicted octanol–water partition coefficient (Wildman–Crippen LogP) is 1.46. The topological polar surface area (TPSA) is 76.7 Å². The Morgan fingerprint density at radius 2 is 2.17 bits per heavy atom. The number of hydrogen-bond acceptors (Lipinski definition) is 5. The molecule has 5 nitrogen and oxygen atoms in total. The molecule has 1 atom stereocenters. The number of nitrogen functional groups attached to an aromatic ring is 1. The van der Waals surface area contributed by atoms with Crippen LogP contribution < -0.4 is 11.1 Å². The first-order chi connectivity index (χ1) is 8.72. The Labute approximate surface area is 106 Å². The molecule has 0 bridgehead atoms. The third kappa shape index (κ3) is 2.62. The number of nitrogens with one attached hydrogen (secondary N) is 1. The molecule has 2 aromatic heterocycles. The SMILES string of the molecule is CCNC(c1ccnc(C)n1)c1cnccc1N. The monoisotopic (exact) mass is 243 g/mol. The molecule has 0 aliphatic rings. The fraction of sp³-hybridized carbons (Fsp3) is 0.308. The first kappa shape index (κ1) is 12.4. The van der Waals surface area contributed by atoms with Crippen molar-refractivity contribution in [3.63, 3.8) is 0 Å². The lowest BCUT2D eigenvalue weighted by atomic mass is 10.0. The van der Waals surface area contributed by atoms with Gasteiger partial charge in [-0.2, -0.15) is 0 Å². The molecule has 0 aliphatic carbocycles. The Bertz CT molecular complexity index is 526. The first-order valence-corrected chi connectivity index (χ1v) is 5.94. The average Bonchev–Trinajstić information content (AvgIpc) is 2.37. The summed E-state index contributed by atoms with van der Waals surface area (Å²) in [5.74, 6) is 0.748. The molecule has 0 spiro atoms. The Morgan fingerprint density at radius 1 is 1.33 bits per heavy atom. The summed E-state index contributed by atoms with van der Waals surface area (Å²) in [6.07, 6.45) is 5.22. The fourth-order valence-electron chi connectivity index (χ4n) is 1.87. The highest BCUT2D eigenvalue weighted by atomic mass is 15.0. The first-order valence-electron chi connectivity index (χ1n) is 5.94. The van der Waals surface area contributed by atoms with E-state index in [0.717, 1.165) is 23.6 Å². The van der Waals surface area contributed by atoms with E-state index in [4.69, 9.17) is 5.73 Å². The lowest BCUT2D eigenvalue weighted by Gasteiger charge is -2.19. The highest BCUT2D eigenvalue weighted by Crippen LogP contribution is 2.24. The normalized spacial score (nSPS) is 12.3. The van der Waals surface area contributed by atoms with E-state index in [1.165, 1.54) is 0 Å². The van der Waals surface area contributed by atoms with Gasteiger partial charge in [0.25, 0.3) is 0 Å². The Hall–Kier alpha value is -2.01. The number of anilines is 1. The summed E-state index contributed by atoms with van der Waals surface area (Å²) in [4.78, 5) is 12.7. The van der Waals surface area contributed by atoms with Crippen molar-refractivity contribution >= 4 is 5.69 Å². The van der Waals surface area contributed by atoms with E-state index < -0.39 is 0 Å². The van der Waals surface area contributed by atoms with E-state index >= 15 is 0 Å². The second kappa shape index (κ2) is 5.55. The Kier molecular flexibility index (Phi) is 3.84. The number of nitrogens with two attached hydrogens (primary N) is 1. The zero-order chi connectivity index (χ0) is 13.0. The highest BCUT2D eigenvalue weighted by molar-refractivity contribution is 5.48. The summed E-state index contributed by atoms with van der Waals surface area (Å²) < 4.78 is 0. The van der Waals surface area contributed by atoms with Gasteiger partial charge in [0.1, 0.15) is 5.82 Å². The molecule has 94 valence electrons. The Balaban J connectivity index is 2.43. The summed E-state index contributed by atoms with van der Waals surface area (Å²) in [5, 5.41) is 3.37. The average molecular weight is 243 g/mol. The molecule has 0 aliphatic heterocycles. The zero-order valence-corrected chi connectivity index (χ0v) is 10.6. The van der Waals surface area contributed by atoms with Gasteiger partial charge in [-0.25, -0.2) is 9.97 Å². The number of aromatic nitrogens is 3. The van der Waals surface area contributed by atoms with E-state index in [1.54, 1.807) is 24.7 Å². The van der Waals surface area contributed by atoms with Crippen LogP contribution in [-0.2, 0) is 0 Å². The second-order valence-electron chi connectivity index (χ2n) is 4.02. The molecule has 18 heavy (non-hydrogen) atoms.